The van der Waals surface area contributed by atoms with Crippen molar-refractivity contribution in [3.05, 3.63) is 23.5 Å². The Balaban J connectivity index is 1.67. The van der Waals surface area contributed by atoms with Crippen LogP contribution in [0.3, 0.4) is 0 Å². The van der Waals surface area contributed by atoms with E-state index in [-0.39, 0.29) is 29.9 Å². The van der Waals surface area contributed by atoms with Crippen LogP contribution in [-0.4, -0.2) is 36.8 Å². The fraction of sp³-hybridized carbons (Fsp3) is 0.500. The highest BCUT2D eigenvalue weighted by Gasteiger charge is 2.26. The fourth-order valence-corrected chi connectivity index (χ4v) is 3.31. The van der Waals surface area contributed by atoms with E-state index in [1.807, 2.05) is 0 Å². The molecule has 1 aromatic carbocycles. The molecule has 3 rings (SSSR count). The summed E-state index contributed by atoms with van der Waals surface area (Å²) in [4.78, 5) is 11.2. The third-order valence-electron chi connectivity index (χ3n) is 3.66. The van der Waals surface area contributed by atoms with E-state index in [9.17, 15) is 14.3 Å². The minimum atomic E-state index is -0.541. The van der Waals surface area contributed by atoms with Gasteiger partial charge >= 0.3 is 0 Å². The summed E-state index contributed by atoms with van der Waals surface area (Å²) in [7, 11) is 0. The second-order valence-electron chi connectivity index (χ2n) is 5.39. The average Bonchev–Trinajstić information content (AvgIpc) is 2.92. The van der Waals surface area contributed by atoms with Gasteiger partial charge in [0, 0.05) is 19.2 Å². The zero-order valence-electron chi connectivity index (χ0n) is 12.0. The van der Waals surface area contributed by atoms with Gasteiger partial charge < -0.3 is 15.2 Å². The molecule has 0 spiro atoms. The first kappa shape index (κ1) is 15.4. The van der Waals surface area contributed by atoms with E-state index in [1.54, 1.807) is 0 Å². The topological polar surface area (TPSA) is 73.8 Å². The van der Waals surface area contributed by atoms with Crippen LogP contribution in [0.2, 0.25) is 0 Å². The van der Waals surface area contributed by atoms with E-state index in [2.05, 4.69) is 10.0 Å². The summed E-state index contributed by atoms with van der Waals surface area (Å²) in [5.74, 6) is -0.923. The Morgan fingerprint density at radius 3 is 3.05 bits per heavy atom. The van der Waals surface area contributed by atoms with Crippen LogP contribution >= 0.6 is 12.1 Å². The van der Waals surface area contributed by atoms with Gasteiger partial charge in [-0.3, -0.25) is 13.8 Å². The Hall–Kier alpha value is -1.51. The van der Waals surface area contributed by atoms with Crippen molar-refractivity contribution in [3.63, 3.8) is 0 Å². The van der Waals surface area contributed by atoms with Gasteiger partial charge in [0.25, 0.3) is 5.91 Å². The monoisotopic (exact) mass is 327 g/mol. The second-order valence-corrected chi connectivity index (χ2v) is 6.22. The Kier molecular flexibility index (Phi) is 4.70. The van der Waals surface area contributed by atoms with Gasteiger partial charge in [-0.1, -0.05) is 0 Å². The van der Waals surface area contributed by atoms with Crippen molar-refractivity contribution < 1.29 is 19.0 Å². The van der Waals surface area contributed by atoms with Gasteiger partial charge in [0.15, 0.2) is 5.82 Å². The summed E-state index contributed by atoms with van der Waals surface area (Å²) in [6, 6.07) is 3.17. The minimum absolute atomic E-state index is 0.0200. The molecule has 22 heavy (non-hydrogen) atoms. The molecular formula is C14H18FN3O3S. The number of amides is 1. The van der Waals surface area contributed by atoms with Crippen molar-refractivity contribution in [3.8, 4) is 5.75 Å². The summed E-state index contributed by atoms with van der Waals surface area (Å²) in [6.45, 7) is 1.93. The van der Waals surface area contributed by atoms with Gasteiger partial charge in [0.05, 0.1) is 18.7 Å². The molecule has 0 saturated carbocycles. The quantitative estimate of drug-likeness (QED) is 0.724. The summed E-state index contributed by atoms with van der Waals surface area (Å²) in [5.41, 5.74) is 0.695. The predicted octanol–water partition coefficient (Wildman–Crippen LogP) is 1.30. The number of hydrogen-bond acceptors (Lipinski definition) is 6. The van der Waals surface area contributed by atoms with Crippen molar-refractivity contribution in [1.29, 1.82) is 0 Å². The van der Waals surface area contributed by atoms with Crippen molar-refractivity contribution in [1.82, 2.24) is 10.0 Å². The Morgan fingerprint density at radius 2 is 2.41 bits per heavy atom. The van der Waals surface area contributed by atoms with Crippen LogP contribution in [0, 0.1) is 5.82 Å². The number of nitrogens with one attached hydrogen (secondary N) is 2. The molecule has 0 bridgehead atoms. The number of ether oxygens (including phenoxy) is 1. The lowest BCUT2D eigenvalue weighted by molar-refractivity contribution is -0.117. The first-order valence-electron chi connectivity index (χ1n) is 7.19. The van der Waals surface area contributed by atoms with Crippen LogP contribution < -0.4 is 14.3 Å². The molecular weight excluding hydrogens is 309 g/mol. The number of phenols is 1. The van der Waals surface area contributed by atoms with Crippen LogP contribution in [0.1, 0.15) is 18.4 Å². The minimum Gasteiger partial charge on any atom is -0.506 e. The number of halogens is 1. The molecule has 8 heteroatoms. The largest absolute Gasteiger partial charge is 0.506 e. The van der Waals surface area contributed by atoms with Crippen LogP contribution in [0.4, 0.5) is 10.1 Å². The van der Waals surface area contributed by atoms with Crippen LogP contribution in [0.25, 0.3) is 0 Å². The predicted molar refractivity (Wildman–Crippen MR) is 81.8 cm³/mol. The maximum atomic E-state index is 14.2. The summed E-state index contributed by atoms with van der Waals surface area (Å²) >= 11 is 0.975. The molecule has 2 heterocycles. The third kappa shape index (κ3) is 3.45. The second kappa shape index (κ2) is 6.72. The Morgan fingerprint density at radius 1 is 1.55 bits per heavy atom. The Labute approximate surface area is 132 Å². The molecule has 0 radical (unpaired) electrons. The lowest BCUT2D eigenvalue weighted by Crippen LogP contribution is -2.36. The fourth-order valence-electron chi connectivity index (χ4n) is 2.58. The molecule has 2 aliphatic rings. The van der Waals surface area contributed by atoms with E-state index < -0.39 is 5.82 Å². The number of carbonyl (C=O) groups excluding carboxylic acids is 1. The molecule has 1 aromatic rings. The molecule has 0 unspecified atom stereocenters. The van der Waals surface area contributed by atoms with E-state index in [1.165, 1.54) is 16.4 Å². The first-order valence-corrected chi connectivity index (χ1v) is 7.96. The van der Waals surface area contributed by atoms with Crippen molar-refractivity contribution >= 4 is 23.7 Å². The zero-order chi connectivity index (χ0) is 15.5. The van der Waals surface area contributed by atoms with E-state index in [4.69, 9.17) is 4.74 Å². The molecule has 2 aliphatic heterocycles. The molecule has 2 fully saturated rings. The number of aromatic hydroxyl groups is 1. The normalized spacial score (nSPS) is 22.0. The number of phenolic OH excluding ortho intramolecular Hbond substituents is 1. The lowest BCUT2D eigenvalue weighted by Gasteiger charge is -2.23. The molecule has 0 aromatic heterocycles. The van der Waals surface area contributed by atoms with Gasteiger partial charge in [-0.15, -0.1) is 0 Å². The van der Waals surface area contributed by atoms with Gasteiger partial charge in [-0.2, -0.15) is 0 Å². The number of nitrogens with zero attached hydrogens (tertiary/aromatic N) is 1. The van der Waals surface area contributed by atoms with E-state index >= 15 is 0 Å². The van der Waals surface area contributed by atoms with E-state index in [0.717, 1.165) is 31.6 Å². The van der Waals surface area contributed by atoms with Crippen molar-refractivity contribution in [2.45, 2.75) is 25.4 Å². The van der Waals surface area contributed by atoms with Crippen molar-refractivity contribution in [2.75, 3.05) is 24.1 Å². The number of rotatable bonds is 4. The van der Waals surface area contributed by atoms with Gasteiger partial charge in [-0.05, 0) is 30.5 Å². The summed E-state index contributed by atoms with van der Waals surface area (Å²) in [5, 5.41) is 13.4. The van der Waals surface area contributed by atoms with Crippen LogP contribution in [0.15, 0.2) is 12.1 Å². The number of hydrogen-bond donors (Lipinski definition) is 3. The maximum Gasteiger partial charge on any atom is 0.251 e. The number of anilines is 1. The molecule has 6 nitrogen and oxygen atoms in total. The van der Waals surface area contributed by atoms with E-state index in [0.29, 0.717) is 18.7 Å². The standard InChI is InChI=1S/C14H18FN3O3S/c15-11-4-9(6-16-10-2-1-3-21-8-10)5-12(19)14(11)18-7-13(20)17-22-18/h4-5,10,16,19H,1-3,6-8H2,(H,17,20)/t10-/m0/s1. The van der Waals surface area contributed by atoms with Crippen molar-refractivity contribution in [2.24, 2.45) is 0 Å². The Bertz CT molecular complexity index is 543. The maximum absolute atomic E-state index is 14.2. The van der Waals surface area contributed by atoms with Gasteiger partial charge in [0.1, 0.15) is 18.0 Å². The lowest BCUT2D eigenvalue weighted by atomic mass is 10.1. The number of carbonyl (C=O) groups is 1. The average molecular weight is 327 g/mol. The van der Waals surface area contributed by atoms with Crippen LogP contribution in [-0.2, 0) is 16.1 Å². The first-order chi connectivity index (χ1) is 10.6. The molecule has 120 valence electrons. The number of benzene rings is 1. The molecule has 1 amide bonds. The molecule has 3 N–H and O–H groups in total. The SMILES string of the molecule is O=C1CN(c2c(O)cc(CN[C@H]3CCCOC3)cc2F)SN1. The molecule has 2 saturated heterocycles. The highest BCUT2D eigenvalue weighted by atomic mass is 32.2. The summed E-state index contributed by atoms with van der Waals surface area (Å²) < 4.78 is 23.5. The molecule has 1 atom stereocenters. The molecule has 0 aliphatic carbocycles. The van der Waals surface area contributed by atoms with Crippen LogP contribution in [0.5, 0.6) is 5.75 Å². The highest BCUT2D eigenvalue weighted by Crippen LogP contribution is 2.36. The highest BCUT2D eigenvalue weighted by molar-refractivity contribution is 7.99. The smallest absolute Gasteiger partial charge is 0.251 e. The van der Waals surface area contributed by atoms with Gasteiger partial charge in [-0.25, -0.2) is 4.39 Å². The summed E-state index contributed by atoms with van der Waals surface area (Å²) in [6.07, 6.45) is 2.05. The zero-order valence-corrected chi connectivity index (χ0v) is 12.8. The van der Waals surface area contributed by atoms with Gasteiger partial charge in [0.2, 0.25) is 0 Å². The third-order valence-corrected chi connectivity index (χ3v) is 4.52.